The molecular weight excluding hydrogens is 316 g/mol. The topological polar surface area (TPSA) is 43.6 Å². The van der Waals surface area contributed by atoms with Gasteiger partial charge in [-0.05, 0) is 36.4 Å². The summed E-state index contributed by atoms with van der Waals surface area (Å²) < 4.78 is 2.75. The van der Waals surface area contributed by atoms with Crippen LogP contribution >= 0.6 is 15.9 Å². The lowest BCUT2D eigenvalue weighted by Crippen LogP contribution is -1.99. The van der Waals surface area contributed by atoms with E-state index < -0.39 is 0 Å². The van der Waals surface area contributed by atoms with Gasteiger partial charge in [0.15, 0.2) is 5.82 Å². The SMILES string of the molecule is Brc1ccc2c(c1)nnn2-c1ccc2ccccc2n1. The van der Waals surface area contributed by atoms with Crippen LogP contribution in [0.3, 0.4) is 0 Å². The number of hydrogen-bond acceptors (Lipinski definition) is 3. The average molecular weight is 325 g/mol. The summed E-state index contributed by atoms with van der Waals surface area (Å²) in [4.78, 5) is 4.64. The van der Waals surface area contributed by atoms with Crippen LogP contribution < -0.4 is 0 Å². The molecule has 4 rings (SSSR count). The van der Waals surface area contributed by atoms with Crippen LogP contribution in [-0.4, -0.2) is 20.0 Å². The Morgan fingerprint density at radius 2 is 1.80 bits per heavy atom. The van der Waals surface area contributed by atoms with E-state index in [0.717, 1.165) is 32.2 Å². The molecule has 5 heteroatoms. The number of pyridine rings is 1. The summed E-state index contributed by atoms with van der Waals surface area (Å²) in [5, 5.41) is 9.49. The number of fused-ring (bicyclic) bond motifs is 2. The maximum atomic E-state index is 4.64. The molecule has 4 nitrogen and oxygen atoms in total. The van der Waals surface area contributed by atoms with Gasteiger partial charge in [-0.25, -0.2) is 4.98 Å². The first kappa shape index (κ1) is 11.5. The fourth-order valence-electron chi connectivity index (χ4n) is 2.24. The first-order valence-corrected chi connectivity index (χ1v) is 6.98. The van der Waals surface area contributed by atoms with Gasteiger partial charge < -0.3 is 0 Å². The first-order chi connectivity index (χ1) is 9.81. The van der Waals surface area contributed by atoms with Crippen LogP contribution in [-0.2, 0) is 0 Å². The van der Waals surface area contributed by atoms with E-state index >= 15 is 0 Å². The molecule has 96 valence electrons. The van der Waals surface area contributed by atoms with Gasteiger partial charge in [0.25, 0.3) is 0 Å². The molecule has 0 fully saturated rings. The molecule has 0 aliphatic rings. The maximum absolute atomic E-state index is 4.64. The van der Waals surface area contributed by atoms with E-state index in [1.165, 1.54) is 0 Å². The quantitative estimate of drug-likeness (QED) is 0.536. The van der Waals surface area contributed by atoms with Crippen molar-refractivity contribution in [3.8, 4) is 5.82 Å². The largest absolute Gasteiger partial charge is 0.229 e. The molecule has 0 saturated carbocycles. The van der Waals surface area contributed by atoms with Gasteiger partial charge in [0.1, 0.15) is 5.52 Å². The predicted molar refractivity (Wildman–Crippen MR) is 81.9 cm³/mol. The van der Waals surface area contributed by atoms with Crippen molar-refractivity contribution < 1.29 is 0 Å². The third-order valence-electron chi connectivity index (χ3n) is 3.21. The Balaban J connectivity index is 1.96. The van der Waals surface area contributed by atoms with Crippen LogP contribution in [0.5, 0.6) is 0 Å². The first-order valence-electron chi connectivity index (χ1n) is 6.18. The van der Waals surface area contributed by atoms with Crippen molar-refractivity contribution in [2.75, 3.05) is 0 Å². The Kier molecular flexibility index (Phi) is 2.53. The highest BCUT2D eigenvalue weighted by Gasteiger charge is 2.08. The molecule has 4 aromatic rings. The molecule has 0 bridgehead atoms. The molecule has 0 atom stereocenters. The van der Waals surface area contributed by atoms with Crippen molar-refractivity contribution in [2.45, 2.75) is 0 Å². The van der Waals surface area contributed by atoms with Gasteiger partial charge in [0.05, 0.1) is 11.0 Å². The minimum Gasteiger partial charge on any atom is -0.229 e. The lowest BCUT2D eigenvalue weighted by atomic mass is 10.2. The molecule has 0 aliphatic carbocycles. The van der Waals surface area contributed by atoms with Crippen LogP contribution in [0.25, 0.3) is 27.8 Å². The van der Waals surface area contributed by atoms with Crippen molar-refractivity contribution in [2.24, 2.45) is 0 Å². The minimum atomic E-state index is 0.772. The number of aromatic nitrogens is 4. The molecule has 0 radical (unpaired) electrons. The predicted octanol–water partition coefficient (Wildman–Crippen LogP) is 3.73. The number of hydrogen-bond donors (Lipinski definition) is 0. The molecule has 0 N–H and O–H groups in total. The molecule has 0 saturated heterocycles. The summed E-state index contributed by atoms with van der Waals surface area (Å²) >= 11 is 3.44. The number of benzene rings is 2. The monoisotopic (exact) mass is 324 g/mol. The summed E-state index contributed by atoms with van der Waals surface area (Å²) in [6, 6.07) is 17.9. The lowest BCUT2D eigenvalue weighted by molar-refractivity contribution is 0.805. The molecule has 2 aromatic heterocycles. The number of nitrogens with zero attached hydrogens (tertiary/aromatic N) is 4. The zero-order valence-electron chi connectivity index (χ0n) is 10.4. The van der Waals surface area contributed by atoms with E-state index in [1.807, 2.05) is 54.6 Å². The van der Waals surface area contributed by atoms with Gasteiger partial charge in [0.2, 0.25) is 0 Å². The molecule has 0 amide bonds. The summed E-state index contributed by atoms with van der Waals surface area (Å²) in [5.41, 5.74) is 2.73. The van der Waals surface area contributed by atoms with Crippen LogP contribution in [0.15, 0.2) is 59.1 Å². The Hall–Kier alpha value is -2.27. The Labute approximate surface area is 123 Å². The molecule has 0 aliphatic heterocycles. The summed E-state index contributed by atoms with van der Waals surface area (Å²) in [5.74, 6) is 0.772. The van der Waals surface area contributed by atoms with Gasteiger partial charge in [0, 0.05) is 9.86 Å². The molecule has 20 heavy (non-hydrogen) atoms. The summed E-state index contributed by atoms with van der Waals surface area (Å²) in [6.07, 6.45) is 0. The Morgan fingerprint density at radius 3 is 2.75 bits per heavy atom. The van der Waals surface area contributed by atoms with Gasteiger partial charge in [-0.3, -0.25) is 0 Å². The zero-order valence-corrected chi connectivity index (χ0v) is 11.9. The van der Waals surface area contributed by atoms with E-state index in [4.69, 9.17) is 0 Å². The molecule has 2 heterocycles. The second-order valence-electron chi connectivity index (χ2n) is 4.50. The molecule has 0 unspecified atom stereocenters. The smallest absolute Gasteiger partial charge is 0.156 e. The van der Waals surface area contributed by atoms with Crippen LogP contribution in [0, 0.1) is 0 Å². The van der Waals surface area contributed by atoms with Gasteiger partial charge >= 0.3 is 0 Å². The zero-order chi connectivity index (χ0) is 13.5. The number of halogens is 1. The van der Waals surface area contributed by atoms with Crippen molar-refractivity contribution in [1.82, 2.24) is 20.0 Å². The summed E-state index contributed by atoms with van der Waals surface area (Å²) in [7, 11) is 0. The third kappa shape index (κ3) is 1.78. The van der Waals surface area contributed by atoms with E-state index in [2.05, 4.69) is 31.2 Å². The van der Waals surface area contributed by atoms with Crippen LogP contribution in [0.4, 0.5) is 0 Å². The highest BCUT2D eigenvalue weighted by molar-refractivity contribution is 9.10. The van der Waals surface area contributed by atoms with Crippen molar-refractivity contribution >= 4 is 37.9 Å². The Morgan fingerprint density at radius 1 is 0.900 bits per heavy atom. The fourth-order valence-corrected chi connectivity index (χ4v) is 2.59. The molecule has 2 aromatic carbocycles. The van der Waals surface area contributed by atoms with Crippen LogP contribution in [0.1, 0.15) is 0 Å². The van der Waals surface area contributed by atoms with Gasteiger partial charge in [-0.2, -0.15) is 4.68 Å². The van der Waals surface area contributed by atoms with E-state index in [9.17, 15) is 0 Å². The van der Waals surface area contributed by atoms with Gasteiger partial charge in [-0.1, -0.05) is 39.3 Å². The van der Waals surface area contributed by atoms with Crippen molar-refractivity contribution in [3.63, 3.8) is 0 Å². The average Bonchev–Trinajstić information content (AvgIpc) is 2.89. The van der Waals surface area contributed by atoms with Crippen LogP contribution in [0.2, 0.25) is 0 Å². The number of para-hydroxylation sites is 1. The van der Waals surface area contributed by atoms with Gasteiger partial charge in [-0.15, -0.1) is 5.10 Å². The second kappa shape index (κ2) is 4.38. The van der Waals surface area contributed by atoms with Crippen molar-refractivity contribution in [3.05, 3.63) is 59.1 Å². The maximum Gasteiger partial charge on any atom is 0.156 e. The molecule has 0 spiro atoms. The normalized spacial score (nSPS) is 11.2. The third-order valence-corrected chi connectivity index (χ3v) is 3.70. The highest BCUT2D eigenvalue weighted by Crippen LogP contribution is 2.21. The Bertz CT molecular complexity index is 929. The fraction of sp³-hybridized carbons (Fsp3) is 0. The standard InChI is InChI=1S/C15H9BrN4/c16-11-6-7-14-13(9-11)18-19-20(14)15-8-5-10-3-1-2-4-12(10)17-15/h1-9H. The minimum absolute atomic E-state index is 0.772. The van der Waals surface area contributed by atoms with Crippen molar-refractivity contribution in [1.29, 1.82) is 0 Å². The molecular formula is C15H9BrN4. The lowest BCUT2D eigenvalue weighted by Gasteiger charge is -2.03. The van der Waals surface area contributed by atoms with E-state index in [0.29, 0.717) is 0 Å². The number of rotatable bonds is 1. The second-order valence-corrected chi connectivity index (χ2v) is 5.41. The highest BCUT2D eigenvalue weighted by atomic mass is 79.9. The van der Waals surface area contributed by atoms with E-state index in [-0.39, 0.29) is 0 Å². The van der Waals surface area contributed by atoms with E-state index in [1.54, 1.807) is 4.68 Å². The summed E-state index contributed by atoms with van der Waals surface area (Å²) in [6.45, 7) is 0.